The summed E-state index contributed by atoms with van der Waals surface area (Å²) in [5.41, 5.74) is 6.45. The molecule has 2 aromatic rings. The molecule has 2 N–H and O–H groups in total. The molecule has 0 amide bonds. The van der Waals surface area contributed by atoms with Crippen molar-refractivity contribution in [1.29, 1.82) is 0 Å². The molecule has 0 fully saturated rings. The number of pyridine rings is 1. The number of allylic oxidation sites excluding steroid dienone is 1. The molecule has 0 unspecified atom stereocenters. The summed E-state index contributed by atoms with van der Waals surface area (Å²) >= 11 is 0. The Morgan fingerprint density at radius 1 is 1.41 bits per heavy atom. The number of hydrogen-bond donors (Lipinski definition) is 1. The standard InChI is InChI=1S/C12H13N5/c1-2-8-6-7-11-15-16-12(17(8)11)9-4-3-5-10(13)14-9/h2-5,8H,1,6-7H2,(H2,13,14)/t8-/m1/s1. The van der Waals surface area contributed by atoms with Crippen LogP contribution >= 0.6 is 0 Å². The van der Waals surface area contributed by atoms with Crippen LogP contribution in [0.15, 0.2) is 30.9 Å². The molecular formula is C12H13N5. The van der Waals surface area contributed by atoms with Crippen LogP contribution < -0.4 is 5.73 Å². The van der Waals surface area contributed by atoms with Crippen LogP contribution in [0, 0.1) is 0 Å². The minimum absolute atomic E-state index is 0.262. The molecular weight excluding hydrogens is 214 g/mol. The van der Waals surface area contributed by atoms with E-state index in [1.807, 2.05) is 18.2 Å². The quantitative estimate of drug-likeness (QED) is 0.791. The molecule has 2 aromatic heterocycles. The fourth-order valence-corrected chi connectivity index (χ4v) is 2.22. The summed E-state index contributed by atoms with van der Waals surface area (Å²) in [5.74, 6) is 2.26. The lowest BCUT2D eigenvalue weighted by Crippen LogP contribution is -2.04. The first kappa shape index (κ1) is 10.0. The molecule has 0 aromatic carbocycles. The summed E-state index contributed by atoms with van der Waals surface area (Å²) in [6.07, 6.45) is 3.89. The average Bonchev–Trinajstić information content (AvgIpc) is 2.89. The Morgan fingerprint density at radius 2 is 2.29 bits per heavy atom. The Kier molecular flexibility index (Phi) is 2.18. The third-order valence-electron chi connectivity index (χ3n) is 3.03. The lowest BCUT2D eigenvalue weighted by atomic mass is 10.2. The maximum absolute atomic E-state index is 5.69. The van der Waals surface area contributed by atoms with Gasteiger partial charge in [0.1, 0.15) is 17.3 Å². The molecule has 3 heterocycles. The van der Waals surface area contributed by atoms with Gasteiger partial charge in [0.25, 0.3) is 0 Å². The minimum atomic E-state index is 0.262. The van der Waals surface area contributed by atoms with Crippen molar-refractivity contribution in [2.24, 2.45) is 0 Å². The second-order valence-electron chi connectivity index (χ2n) is 4.10. The van der Waals surface area contributed by atoms with Gasteiger partial charge in [0.05, 0.1) is 6.04 Å². The van der Waals surface area contributed by atoms with E-state index in [0.29, 0.717) is 5.82 Å². The Bertz CT molecular complexity index is 572. The van der Waals surface area contributed by atoms with E-state index in [2.05, 4.69) is 26.3 Å². The van der Waals surface area contributed by atoms with Gasteiger partial charge in [0.15, 0.2) is 5.82 Å². The predicted molar refractivity (Wildman–Crippen MR) is 65.2 cm³/mol. The summed E-state index contributed by atoms with van der Waals surface area (Å²) in [6.45, 7) is 3.85. The van der Waals surface area contributed by atoms with Crippen molar-refractivity contribution in [3.8, 4) is 11.5 Å². The van der Waals surface area contributed by atoms with Gasteiger partial charge in [-0.15, -0.1) is 16.8 Å². The van der Waals surface area contributed by atoms with Gasteiger partial charge in [-0.1, -0.05) is 12.1 Å². The number of anilines is 1. The van der Waals surface area contributed by atoms with Crippen molar-refractivity contribution in [2.75, 3.05) is 5.73 Å². The molecule has 0 aliphatic carbocycles. The van der Waals surface area contributed by atoms with Gasteiger partial charge in [0, 0.05) is 6.42 Å². The minimum Gasteiger partial charge on any atom is -0.384 e. The van der Waals surface area contributed by atoms with Crippen molar-refractivity contribution in [2.45, 2.75) is 18.9 Å². The summed E-state index contributed by atoms with van der Waals surface area (Å²) in [7, 11) is 0. The number of aryl methyl sites for hydroxylation is 1. The molecule has 5 heteroatoms. The molecule has 86 valence electrons. The highest BCUT2D eigenvalue weighted by atomic mass is 15.3. The molecule has 0 radical (unpaired) electrons. The monoisotopic (exact) mass is 227 g/mol. The fraction of sp³-hybridized carbons (Fsp3) is 0.250. The van der Waals surface area contributed by atoms with Gasteiger partial charge >= 0.3 is 0 Å². The van der Waals surface area contributed by atoms with Gasteiger partial charge in [-0.3, -0.25) is 0 Å². The Labute approximate surface area is 99.0 Å². The van der Waals surface area contributed by atoms with Crippen LogP contribution in [-0.4, -0.2) is 19.7 Å². The topological polar surface area (TPSA) is 69.6 Å². The highest BCUT2D eigenvalue weighted by Gasteiger charge is 2.25. The second kappa shape index (κ2) is 3.69. The van der Waals surface area contributed by atoms with Crippen LogP contribution in [-0.2, 0) is 6.42 Å². The van der Waals surface area contributed by atoms with Crippen molar-refractivity contribution >= 4 is 5.82 Å². The number of nitrogen functional groups attached to an aromatic ring is 1. The van der Waals surface area contributed by atoms with Crippen molar-refractivity contribution in [3.05, 3.63) is 36.7 Å². The van der Waals surface area contributed by atoms with E-state index in [-0.39, 0.29) is 6.04 Å². The van der Waals surface area contributed by atoms with Crippen LogP contribution in [0.1, 0.15) is 18.3 Å². The fourth-order valence-electron chi connectivity index (χ4n) is 2.22. The normalized spacial score (nSPS) is 18.0. The highest BCUT2D eigenvalue weighted by molar-refractivity contribution is 5.53. The highest BCUT2D eigenvalue weighted by Crippen LogP contribution is 2.30. The largest absolute Gasteiger partial charge is 0.384 e. The first-order valence-corrected chi connectivity index (χ1v) is 5.59. The molecule has 3 rings (SSSR count). The zero-order chi connectivity index (χ0) is 11.8. The number of nitrogens with two attached hydrogens (primary N) is 1. The Morgan fingerprint density at radius 3 is 3.06 bits per heavy atom. The van der Waals surface area contributed by atoms with E-state index in [9.17, 15) is 0 Å². The van der Waals surface area contributed by atoms with E-state index in [1.54, 1.807) is 6.07 Å². The molecule has 0 spiro atoms. The number of aromatic nitrogens is 4. The SMILES string of the molecule is C=C[C@@H]1CCc2nnc(-c3cccc(N)n3)n21. The number of nitrogens with zero attached hydrogens (tertiary/aromatic N) is 4. The van der Waals surface area contributed by atoms with Crippen molar-refractivity contribution in [3.63, 3.8) is 0 Å². The molecule has 5 nitrogen and oxygen atoms in total. The first-order chi connectivity index (χ1) is 8.29. The smallest absolute Gasteiger partial charge is 0.183 e. The maximum Gasteiger partial charge on any atom is 0.183 e. The van der Waals surface area contributed by atoms with Gasteiger partial charge in [-0.05, 0) is 18.6 Å². The maximum atomic E-state index is 5.69. The number of fused-ring (bicyclic) bond motifs is 1. The molecule has 0 bridgehead atoms. The zero-order valence-corrected chi connectivity index (χ0v) is 9.37. The molecule has 0 saturated carbocycles. The summed E-state index contributed by atoms with van der Waals surface area (Å²) < 4.78 is 2.09. The van der Waals surface area contributed by atoms with Crippen LogP contribution in [0.4, 0.5) is 5.82 Å². The van der Waals surface area contributed by atoms with Crippen LogP contribution in [0.2, 0.25) is 0 Å². The predicted octanol–water partition coefficient (Wildman–Crippen LogP) is 1.60. The average molecular weight is 227 g/mol. The van der Waals surface area contributed by atoms with Crippen LogP contribution in [0.3, 0.4) is 0 Å². The van der Waals surface area contributed by atoms with Gasteiger partial charge < -0.3 is 10.3 Å². The molecule has 17 heavy (non-hydrogen) atoms. The molecule has 1 aliphatic heterocycles. The van der Waals surface area contributed by atoms with E-state index >= 15 is 0 Å². The van der Waals surface area contributed by atoms with Gasteiger partial charge in [0.2, 0.25) is 0 Å². The first-order valence-electron chi connectivity index (χ1n) is 5.59. The van der Waals surface area contributed by atoms with E-state index in [0.717, 1.165) is 30.2 Å². The molecule has 1 atom stereocenters. The van der Waals surface area contributed by atoms with E-state index in [4.69, 9.17) is 5.73 Å². The lowest BCUT2D eigenvalue weighted by molar-refractivity contribution is 0.644. The van der Waals surface area contributed by atoms with Gasteiger partial charge in [-0.25, -0.2) is 4.98 Å². The van der Waals surface area contributed by atoms with Crippen LogP contribution in [0.25, 0.3) is 11.5 Å². The zero-order valence-electron chi connectivity index (χ0n) is 9.37. The summed E-state index contributed by atoms with van der Waals surface area (Å²) in [6, 6.07) is 5.79. The third-order valence-corrected chi connectivity index (χ3v) is 3.03. The molecule has 0 saturated heterocycles. The number of rotatable bonds is 2. The Balaban J connectivity index is 2.14. The van der Waals surface area contributed by atoms with Crippen LogP contribution in [0.5, 0.6) is 0 Å². The second-order valence-corrected chi connectivity index (χ2v) is 4.10. The lowest BCUT2D eigenvalue weighted by Gasteiger charge is -2.10. The molecule has 1 aliphatic rings. The van der Waals surface area contributed by atoms with E-state index in [1.165, 1.54) is 0 Å². The Hall–Kier alpha value is -2.17. The summed E-state index contributed by atoms with van der Waals surface area (Å²) in [4.78, 5) is 4.28. The number of hydrogen-bond acceptors (Lipinski definition) is 4. The van der Waals surface area contributed by atoms with Crippen molar-refractivity contribution < 1.29 is 0 Å². The van der Waals surface area contributed by atoms with Crippen molar-refractivity contribution in [1.82, 2.24) is 19.7 Å². The van der Waals surface area contributed by atoms with E-state index < -0.39 is 0 Å². The third kappa shape index (κ3) is 1.51. The van der Waals surface area contributed by atoms with Gasteiger partial charge in [-0.2, -0.15) is 0 Å². The summed E-state index contributed by atoms with van der Waals surface area (Å²) in [5, 5.41) is 8.38.